The van der Waals surface area contributed by atoms with Crippen LogP contribution in [0.2, 0.25) is 0 Å². The van der Waals surface area contributed by atoms with Crippen LogP contribution in [-0.4, -0.2) is 60.9 Å². The summed E-state index contributed by atoms with van der Waals surface area (Å²) in [6, 6.07) is 9.03. The molecule has 1 amide bonds. The van der Waals surface area contributed by atoms with Gasteiger partial charge in [0.25, 0.3) is 0 Å². The van der Waals surface area contributed by atoms with Crippen LogP contribution in [0.3, 0.4) is 0 Å². The van der Waals surface area contributed by atoms with Crippen molar-refractivity contribution in [2.45, 2.75) is 71.0 Å². The van der Waals surface area contributed by atoms with E-state index in [1.807, 2.05) is 7.05 Å². The van der Waals surface area contributed by atoms with E-state index >= 15 is 0 Å². The first-order chi connectivity index (χ1) is 15.6. The van der Waals surface area contributed by atoms with Gasteiger partial charge in [-0.3, -0.25) is 14.7 Å². The zero-order chi connectivity index (χ0) is 22.3. The Hall–Kier alpha value is -1.35. The summed E-state index contributed by atoms with van der Waals surface area (Å²) in [6.45, 7) is 8.20. The number of piperidine rings is 1. The molecule has 1 aromatic rings. The number of carbonyl (C=O) groups is 1. The molecule has 2 saturated heterocycles. The number of rotatable bonds is 6. The maximum atomic E-state index is 12.7. The van der Waals surface area contributed by atoms with Crippen molar-refractivity contribution in [3.05, 3.63) is 35.4 Å². The standard InChI is InChI=1S/C26H41N5O.HI/c1-20-11-14-30(15-12-20)18-23-10-6-5-9-22(23)17-28-26(27-2)29-24-13-16-31(19-24)25(32)21-7-3-4-8-21;/h5-6,9-10,20-21,24H,3-4,7-8,11-19H2,1-2H3,(H2,27,28,29);1H. The lowest BCUT2D eigenvalue weighted by Gasteiger charge is -2.30. The summed E-state index contributed by atoms with van der Waals surface area (Å²) in [4.78, 5) is 21.8. The molecule has 2 aliphatic heterocycles. The monoisotopic (exact) mass is 567 g/mol. The highest BCUT2D eigenvalue weighted by molar-refractivity contribution is 14.0. The zero-order valence-electron chi connectivity index (χ0n) is 20.4. The normalized spacial score (nSPS) is 22.9. The fourth-order valence-corrected chi connectivity index (χ4v) is 5.42. The number of halogens is 1. The Bertz CT molecular complexity index is 787. The van der Waals surface area contributed by atoms with E-state index in [-0.39, 0.29) is 35.9 Å². The van der Waals surface area contributed by atoms with Crippen LogP contribution < -0.4 is 10.6 Å². The molecule has 2 N–H and O–H groups in total. The number of amides is 1. The molecule has 3 fully saturated rings. The largest absolute Gasteiger partial charge is 0.352 e. The smallest absolute Gasteiger partial charge is 0.225 e. The van der Waals surface area contributed by atoms with Crippen molar-refractivity contribution in [2.24, 2.45) is 16.8 Å². The summed E-state index contributed by atoms with van der Waals surface area (Å²) in [7, 11) is 1.83. The summed E-state index contributed by atoms with van der Waals surface area (Å²) in [6.07, 6.45) is 8.17. The molecular formula is C26H42IN5O. The molecule has 3 aliphatic rings. The minimum atomic E-state index is 0. The lowest BCUT2D eigenvalue weighted by Crippen LogP contribution is -2.45. The topological polar surface area (TPSA) is 60.0 Å². The number of nitrogens with zero attached hydrogens (tertiary/aromatic N) is 3. The van der Waals surface area contributed by atoms with E-state index < -0.39 is 0 Å². The number of hydrogen-bond acceptors (Lipinski definition) is 3. The molecule has 4 rings (SSSR count). The van der Waals surface area contributed by atoms with Crippen LogP contribution in [0, 0.1) is 11.8 Å². The first-order valence-electron chi connectivity index (χ1n) is 12.7. The van der Waals surface area contributed by atoms with Crippen molar-refractivity contribution in [3.63, 3.8) is 0 Å². The van der Waals surface area contributed by atoms with Gasteiger partial charge in [0.1, 0.15) is 0 Å². The first kappa shape index (κ1) is 26.3. The Morgan fingerprint density at radius 1 is 1.03 bits per heavy atom. The average Bonchev–Trinajstić information content (AvgIpc) is 3.51. The highest BCUT2D eigenvalue weighted by Gasteiger charge is 2.32. The van der Waals surface area contributed by atoms with E-state index in [4.69, 9.17) is 0 Å². The molecule has 1 saturated carbocycles. The van der Waals surface area contributed by atoms with Gasteiger partial charge in [-0.05, 0) is 62.2 Å². The van der Waals surface area contributed by atoms with E-state index in [0.717, 1.165) is 57.3 Å². The molecule has 0 aromatic heterocycles. The zero-order valence-corrected chi connectivity index (χ0v) is 22.7. The number of guanidine groups is 1. The molecular weight excluding hydrogens is 525 g/mol. The Balaban J connectivity index is 0.00000306. The van der Waals surface area contributed by atoms with Gasteiger partial charge < -0.3 is 15.5 Å². The number of aliphatic imine (C=N–C) groups is 1. The van der Waals surface area contributed by atoms with E-state index in [1.165, 1.54) is 49.9 Å². The maximum absolute atomic E-state index is 12.7. The minimum Gasteiger partial charge on any atom is -0.352 e. The highest BCUT2D eigenvalue weighted by Crippen LogP contribution is 2.28. The van der Waals surface area contributed by atoms with Crippen LogP contribution >= 0.6 is 24.0 Å². The molecule has 2 heterocycles. The Kier molecular flexibility index (Phi) is 10.3. The average molecular weight is 568 g/mol. The number of hydrogen-bond donors (Lipinski definition) is 2. The maximum Gasteiger partial charge on any atom is 0.225 e. The molecule has 1 aromatic carbocycles. The summed E-state index contributed by atoms with van der Waals surface area (Å²) in [5.41, 5.74) is 2.73. The van der Waals surface area contributed by atoms with Crippen molar-refractivity contribution in [3.8, 4) is 0 Å². The molecule has 0 radical (unpaired) electrons. The van der Waals surface area contributed by atoms with E-state index in [1.54, 1.807) is 0 Å². The van der Waals surface area contributed by atoms with E-state index in [2.05, 4.69) is 56.6 Å². The molecule has 0 bridgehead atoms. The molecule has 1 aliphatic carbocycles. The van der Waals surface area contributed by atoms with Gasteiger partial charge in [0.05, 0.1) is 0 Å². The van der Waals surface area contributed by atoms with Crippen LogP contribution in [0.1, 0.15) is 63.0 Å². The van der Waals surface area contributed by atoms with E-state index in [0.29, 0.717) is 5.91 Å². The molecule has 0 spiro atoms. The van der Waals surface area contributed by atoms with Crippen LogP contribution in [-0.2, 0) is 17.9 Å². The summed E-state index contributed by atoms with van der Waals surface area (Å²) in [5, 5.41) is 7.06. The first-order valence-corrected chi connectivity index (χ1v) is 12.7. The third-order valence-corrected chi connectivity index (χ3v) is 7.60. The van der Waals surface area contributed by atoms with Crippen molar-refractivity contribution in [1.82, 2.24) is 20.4 Å². The van der Waals surface area contributed by atoms with Gasteiger partial charge in [-0.25, -0.2) is 0 Å². The van der Waals surface area contributed by atoms with Crippen molar-refractivity contribution < 1.29 is 4.79 Å². The van der Waals surface area contributed by atoms with Gasteiger partial charge in [-0.1, -0.05) is 44.0 Å². The third kappa shape index (κ3) is 7.31. The quantitative estimate of drug-likeness (QED) is 0.310. The number of benzene rings is 1. The predicted octanol–water partition coefficient (Wildman–Crippen LogP) is 3.99. The summed E-state index contributed by atoms with van der Waals surface area (Å²) in [5.74, 6) is 2.32. The van der Waals surface area contributed by atoms with Crippen molar-refractivity contribution in [1.29, 1.82) is 0 Å². The summed E-state index contributed by atoms with van der Waals surface area (Å²) < 4.78 is 0. The van der Waals surface area contributed by atoms with Gasteiger partial charge >= 0.3 is 0 Å². The summed E-state index contributed by atoms with van der Waals surface area (Å²) >= 11 is 0. The Morgan fingerprint density at radius 2 is 1.73 bits per heavy atom. The number of nitrogens with one attached hydrogen (secondary N) is 2. The van der Waals surface area contributed by atoms with Crippen molar-refractivity contribution in [2.75, 3.05) is 33.2 Å². The van der Waals surface area contributed by atoms with Crippen LogP contribution in [0.15, 0.2) is 29.3 Å². The fourth-order valence-electron chi connectivity index (χ4n) is 5.42. The molecule has 7 heteroatoms. The van der Waals surface area contributed by atoms with Crippen molar-refractivity contribution >= 4 is 35.8 Å². The Labute approximate surface area is 217 Å². The minimum absolute atomic E-state index is 0. The second-order valence-electron chi connectivity index (χ2n) is 10.0. The van der Waals surface area contributed by atoms with Crippen LogP contribution in [0.25, 0.3) is 0 Å². The Morgan fingerprint density at radius 3 is 2.42 bits per heavy atom. The third-order valence-electron chi connectivity index (χ3n) is 7.60. The van der Waals surface area contributed by atoms with E-state index in [9.17, 15) is 4.79 Å². The van der Waals surface area contributed by atoms with Gasteiger partial charge in [0, 0.05) is 45.2 Å². The second kappa shape index (κ2) is 12.9. The number of likely N-dealkylation sites (tertiary alicyclic amines) is 2. The predicted molar refractivity (Wildman–Crippen MR) is 146 cm³/mol. The molecule has 1 atom stereocenters. The highest BCUT2D eigenvalue weighted by atomic mass is 127. The van der Waals surface area contributed by atoms with Gasteiger partial charge in [-0.2, -0.15) is 0 Å². The second-order valence-corrected chi connectivity index (χ2v) is 10.0. The molecule has 33 heavy (non-hydrogen) atoms. The van der Waals surface area contributed by atoms with Crippen LogP contribution in [0.4, 0.5) is 0 Å². The SMILES string of the molecule is CN=C(NCc1ccccc1CN1CCC(C)CC1)NC1CCN(C(=O)C2CCCC2)C1.I. The fraction of sp³-hybridized carbons (Fsp3) is 0.692. The molecule has 6 nitrogen and oxygen atoms in total. The lowest BCUT2D eigenvalue weighted by molar-refractivity contribution is -0.134. The van der Waals surface area contributed by atoms with Gasteiger partial charge in [0.15, 0.2) is 5.96 Å². The van der Waals surface area contributed by atoms with Crippen LogP contribution in [0.5, 0.6) is 0 Å². The van der Waals surface area contributed by atoms with Gasteiger partial charge in [0.2, 0.25) is 5.91 Å². The number of carbonyl (C=O) groups excluding carboxylic acids is 1. The molecule has 1 unspecified atom stereocenters. The lowest BCUT2D eigenvalue weighted by atomic mass is 9.98. The van der Waals surface area contributed by atoms with Gasteiger partial charge in [-0.15, -0.1) is 24.0 Å². The molecule has 184 valence electrons.